The lowest BCUT2D eigenvalue weighted by Gasteiger charge is -2.08. The van der Waals surface area contributed by atoms with E-state index in [1.807, 2.05) is 13.0 Å². The molecule has 0 aliphatic rings. The average molecular weight is 339 g/mol. The van der Waals surface area contributed by atoms with Gasteiger partial charge in [0.1, 0.15) is 0 Å². The van der Waals surface area contributed by atoms with Gasteiger partial charge in [-0.1, -0.05) is 18.5 Å². The van der Waals surface area contributed by atoms with Crippen LogP contribution < -0.4 is 10.6 Å². The fourth-order valence-electron chi connectivity index (χ4n) is 0.996. The topological polar surface area (TPSA) is 41.1 Å². The van der Waals surface area contributed by atoms with E-state index >= 15 is 0 Å². The summed E-state index contributed by atoms with van der Waals surface area (Å²) < 4.78 is 1.04. The molecule has 15 heavy (non-hydrogen) atoms. The van der Waals surface area contributed by atoms with Crippen molar-refractivity contribution in [2.75, 3.05) is 11.9 Å². The summed E-state index contributed by atoms with van der Waals surface area (Å²) in [5.74, 6) is 0. The largest absolute Gasteiger partial charge is 0.338 e. The van der Waals surface area contributed by atoms with Crippen LogP contribution in [0.4, 0.5) is 10.5 Å². The van der Waals surface area contributed by atoms with E-state index in [0.717, 1.165) is 9.99 Å². The molecule has 0 bridgehead atoms. The number of carbonyl (C=O) groups is 1. The lowest BCUT2D eigenvalue weighted by molar-refractivity contribution is 0.252. The van der Waals surface area contributed by atoms with E-state index < -0.39 is 0 Å². The van der Waals surface area contributed by atoms with Crippen LogP contribution in [-0.4, -0.2) is 12.6 Å². The molecule has 0 spiro atoms. The van der Waals surface area contributed by atoms with Gasteiger partial charge in [0.15, 0.2) is 0 Å². The number of carbonyl (C=O) groups excluding carboxylic acids is 1. The van der Waals surface area contributed by atoms with Crippen molar-refractivity contribution in [3.05, 3.63) is 26.8 Å². The molecular weight excluding hydrogens is 326 g/mol. The van der Waals surface area contributed by atoms with E-state index in [0.29, 0.717) is 17.3 Å². The lowest BCUT2D eigenvalue weighted by atomic mass is 10.3. The minimum Gasteiger partial charge on any atom is -0.338 e. The van der Waals surface area contributed by atoms with Crippen molar-refractivity contribution in [2.45, 2.75) is 13.3 Å². The number of halogens is 2. The Morgan fingerprint density at radius 3 is 2.87 bits per heavy atom. The van der Waals surface area contributed by atoms with E-state index in [2.05, 4.69) is 33.2 Å². The summed E-state index contributed by atoms with van der Waals surface area (Å²) in [6, 6.07) is 5.26. The van der Waals surface area contributed by atoms with Crippen molar-refractivity contribution >= 4 is 45.9 Å². The third-order valence-electron chi connectivity index (χ3n) is 1.71. The van der Waals surface area contributed by atoms with Gasteiger partial charge in [0.25, 0.3) is 0 Å². The van der Waals surface area contributed by atoms with Crippen LogP contribution in [0.25, 0.3) is 0 Å². The maximum absolute atomic E-state index is 11.3. The summed E-state index contributed by atoms with van der Waals surface area (Å²) in [5.41, 5.74) is 0.630. The average Bonchev–Trinajstić information content (AvgIpc) is 2.19. The predicted octanol–water partition coefficient (Wildman–Crippen LogP) is 3.48. The second-order valence-electron chi connectivity index (χ2n) is 3.01. The summed E-state index contributed by atoms with van der Waals surface area (Å²) in [7, 11) is 0. The number of anilines is 1. The fourth-order valence-corrected chi connectivity index (χ4v) is 1.90. The lowest BCUT2D eigenvalue weighted by Crippen LogP contribution is -2.29. The number of rotatable bonds is 3. The summed E-state index contributed by atoms with van der Waals surface area (Å²) in [6.07, 6.45) is 0.911. The van der Waals surface area contributed by atoms with E-state index in [1.165, 1.54) is 0 Å². The highest BCUT2D eigenvalue weighted by molar-refractivity contribution is 14.1. The molecule has 0 atom stereocenters. The first kappa shape index (κ1) is 12.6. The third-order valence-corrected chi connectivity index (χ3v) is 2.70. The van der Waals surface area contributed by atoms with Gasteiger partial charge in [-0.2, -0.15) is 0 Å². The van der Waals surface area contributed by atoms with Crippen molar-refractivity contribution in [1.82, 2.24) is 5.32 Å². The van der Waals surface area contributed by atoms with Crippen molar-refractivity contribution < 1.29 is 4.79 Å². The SMILES string of the molecule is CCCNC(=O)Nc1ccc(I)cc1Cl. The normalized spacial score (nSPS) is 9.80. The van der Waals surface area contributed by atoms with Crippen molar-refractivity contribution in [3.8, 4) is 0 Å². The van der Waals surface area contributed by atoms with E-state index in [1.54, 1.807) is 12.1 Å². The molecule has 0 aliphatic heterocycles. The minimum atomic E-state index is -0.222. The van der Waals surface area contributed by atoms with Gasteiger partial charge in [-0.15, -0.1) is 0 Å². The maximum Gasteiger partial charge on any atom is 0.319 e. The van der Waals surface area contributed by atoms with E-state index in [9.17, 15) is 4.79 Å². The first-order valence-electron chi connectivity index (χ1n) is 4.63. The van der Waals surface area contributed by atoms with Crippen LogP contribution in [0.2, 0.25) is 5.02 Å². The minimum absolute atomic E-state index is 0.222. The molecule has 0 heterocycles. The number of nitrogens with one attached hydrogen (secondary N) is 2. The quantitative estimate of drug-likeness (QED) is 0.814. The molecule has 82 valence electrons. The molecule has 2 amide bonds. The summed E-state index contributed by atoms with van der Waals surface area (Å²) >= 11 is 8.13. The molecule has 5 heteroatoms. The molecule has 0 fully saturated rings. The zero-order chi connectivity index (χ0) is 11.3. The molecule has 1 aromatic rings. The standard InChI is InChI=1S/C10H12ClIN2O/c1-2-5-13-10(15)14-9-4-3-7(12)6-8(9)11/h3-4,6H,2,5H2,1H3,(H2,13,14,15). The predicted molar refractivity (Wildman–Crippen MR) is 71.5 cm³/mol. The van der Waals surface area contributed by atoms with Crippen LogP contribution in [0.5, 0.6) is 0 Å². The van der Waals surface area contributed by atoms with Crippen LogP contribution in [-0.2, 0) is 0 Å². The Morgan fingerprint density at radius 1 is 1.53 bits per heavy atom. The zero-order valence-electron chi connectivity index (χ0n) is 8.31. The molecule has 3 nitrogen and oxygen atoms in total. The first-order chi connectivity index (χ1) is 7.13. The van der Waals surface area contributed by atoms with Gasteiger partial charge in [-0.25, -0.2) is 4.79 Å². The van der Waals surface area contributed by atoms with Gasteiger partial charge < -0.3 is 10.6 Å². The van der Waals surface area contributed by atoms with Crippen molar-refractivity contribution in [3.63, 3.8) is 0 Å². The molecule has 0 aromatic heterocycles. The monoisotopic (exact) mass is 338 g/mol. The summed E-state index contributed by atoms with van der Waals surface area (Å²) in [5, 5.41) is 5.95. The number of hydrogen-bond acceptors (Lipinski definition) is 1. The Kier molecular flexibility index (Phi) is 5.17. The molecule has 1 aromatic carbocycles. The molecule has 0 saturated heterocycles. The third kappa shape index (κ3) is 4.25. The number of benzene rings is 1. The molecule has 0 unspecified atom stereocenters. The number of hydrogen-bond donors (Lipinski definition) is 2. The second kappa shape index (κ2) is 6.17. The Balaban J connectivity index is 2.60. The van der Waals surface area contributed by atoms with Gasteiger partial charge >= 0.3 is 6.03 Å². The van der Waals surface area contributed by atoms with Crippen LogP contribution in [0.15, 0.2) is 18.2 Å². The Labute approximate surface area is 108 Å². The molecular formula is C10H12ClIN2O. The highest BCUT2D eigenvalue weighted by Crippen LogP contribution is 2.23. The molecule has 1 rings (SSSR count). The highest BCUT2D eigenvalue weighted by Gasteiger charge is 2.04. The van der Waals surface area contributed by atoms with Gasteiger partial charge in [-0.3, -0.25) is 0 Å². The van der Waals surface area contributed by atoms with Crippen molar-refractivity contribution in [1.29, 1.82) is 0 Å². The van der Waals surface area contributed by atoms with Gasteiger partial charge in [-0.05, 0) is 47.2 Å². The van der Waals surface area contributed by atoms with E-state index in [-0.39, 0.29) is 6.03 Å². The van der Waals surface area contributed by atoms with Crippen LogP contribution in [0, 0.1) is 3.57 Å². The molecule has 0 saturated carbocycles. The zero-order valence-corrected chi connectivity index (χ0v) is 11.2. The van der Waals surface area contributed by atoms with Gasteiger partial charge in [0.2, 0.25) is 0 Å². The Bertz CT molecular complexity index is 357. The first-order valence-corrected chi connectivity index (χ1v) is 6.09. The fraction of sp³-hybridized carbons (Fsp3) is 0.300. The van der Waals surface area contributed by atoms with Crippen molar-refractivity contribution in [2.24, 2.45) is 0 Å². The number of urea groups is 1. The number of amides is 2. The Morgan fingerprint density at radius 2 is 2.27 bits per heavy atom. The maximum atomic E-state index is 11.3. The van der Waals surface area contributed by atoms with Gasteiger partial charge in [0.05, 0.1) is 10.7 Å². The van der Waals surface area contributed by atoms with E-state index in [4.69, 9.17) is 11.6 Å². The molecule has 0 aliphatic carbocycles. The summed E-state index contributed by atoms with van der Waals surface area (Å²) in [4.78, 5) is 11.3. The van der Waals surface area contributed by atoms with Gasteiger partial charge in [0, 0.05) is 10.1 Å². The summed E-state index contributed by atoms with van der Waals surface area (Å²) in [6.45, 7) is 2.66. The Hall–Kier alpha value is -0.490. The van der Waals surface area contributed by atoms with Crippen LogP contribution >= 0.6 is 34.2 Å². The second-order valence-corrected chi connectivity index (χ2v) is 4.66. The van der Waals surface area contributed by atoms with Crippen LogP contribution in [0.1, 0.15) is 13.3 Å². The van der Waals surface area contributed by atoms with Crippen LogP contribution in [0.3, 0.4) is 0 Å². The molecule has 0 radical (unpaired) electrons. The highest BCUT2D eigenvalue weighted by atomic mass is 127. The smallest absolute Gasteiger partial charge is 0.319 e. The molecule has 2 N–H and O–H groups in total.